The van der Waals surface area contributed by atoms with Crippen LogP contribution in [0.3, 0.4) is 0 Å². The number of carbonyl (C=O) groups excluding carboxylic acids is 1. The van der Waals surface area contributed by atoms with Crippen LogP contribution in [0.2, 0.25) is 0 Å². The smallest absolute Gasteiger partial charge is 0.224 e. The molecule has 1 aromatic heterocycles. The van der Waals surface area contributed by atoms with Crippen molar-refractivity contribution in [2.45, 2.75) is 51.8 Å². The molecule has 2 saturated heterocycles. The number of nitrogens with one attached hydrogen (secondary N) is 1. The Morgan fingerprint density at radius 2 is 2.36 bits per heavy atom. The van der Waals surface area contributed by atoms with E-state index < -0.39 is 0 Å². The van der Waals surface area contributed by atoms with Gasteiger partial charge in [0.25, 0.3) is 0 Å². The Bertz CT molecular complexity index is 522. The molecule has 0 spiro atoms. The first kappa shape index (κ1) is 15.5. The summed E-state index contributed by atoms with van der Waals surface area (Å²) in [7, 11) is 0. The largest absolute Gasteiger partial charge is 0.373 e. The van der Waals surface area contributed by atoms with E-state index in [0.717, 1.165) is 24.4 Å². The summed E-state index contributed by atoms with van der Waals surface area (Å²) in [5.41, 5.74) is 2.16. The molecule has 2 fully saturated rings. The fourth-order valence-corrected chi connectivity index (χ4v) is 3.38. The molecule has 6 nitrogen and oxygen atoms in total. The van der Waals surface area contributed by atoms with Gasteiger partial charge in [-0.05, 0) is 39.3 Å². The summed E-state index contributed by atoms with van der Waals surface area (Å²) >= 11 is 0. The van der Waals surface area contributed by atoms with Crippen LogP contribution >= 0.6 is 0 Å². The van der Waals surface area contributed by atoms with Gasteiger partial charge in [-0.2, -0.15) is 5.10 Å². The Kier molecular flexibility index (Phi) is 4.78. The van der Waals surface area contributed by atoms with E-state index in [1.54, 1.807) is 0 Å². The summed E-state index contributed by atoms with van der Waals surface area (Å²) in [6, 6.07) is 2.43. The van der Waals surface area contributed by atoms with Crippen molar-refractivity contribution < 1.29 is 9.53 Å². The van der Waals surface area contributed by atoms with Crippen LogP contribution in [0.1, 0.15) is 30.7 Å². The van der Waals surface area contributed by atoms with E-state index in [1.807, 2.05) is 16.5 Å². The van der Waals surface area contributed by atoms with Crippen molar-refractivity contribution in [3.63, 3.8) is 0 Å². The van der Waals surface area contributed by atoms with Gasteiger partial charge in [0.2, 0.25) is 5.91 Å². The van der Waals surface area contributed by atoms with E-state index in [4.69, 9.17) is 4.74 Å². The molecule has 6 heteroatoms. The minimum Gasteiger partial charge on any atom is -0.373 e. The number of amides is 1. The van der Waals surface area contributed by atoms with Crippen LogP contribution in [-0.2, 0) is 16.1 Å². The molecule has 0 bridgehead atoms. The van der Waals surface area contributed by atoms with E-state index >= 15 is 0 Å². The number of hydrogen-bond acceptors (Lipinski definition) is 4. The quantitative estimate of drug-likeness (QED) is 0.897. The Balaban J connectivity index is 1.54. The van der Waals surface area contributed by atoms with Gasteiger partial charge in [-0.25, -0.2) is 0 Å². The molecule has 1 aromatic rings. The number of aryl methyl sites for hydroxylation is 2. The first-order valence-electron chi connectivity index (χ1n) is 8.25. The second kappa shape index (κ2) is 6.79. The van der Waals surface area contributed by atoms with Gasteiger partial charge in [0.05, 0.1) is 24.9 Å². The fourth-order valence-electron chi connectivity index (χ4n) is 3.38. The van der Waals surface area contributed by atoms with Gasteiger partial charge in [0, 0.05) is 31.2 Å². The average molecular weight is 306 g/mol. The van der Waals surface area contributed by atoms with Crippen LogP contribution in [0.25, 0.3) is 0 Å². The third-order valence-electron chi connectivity index (χ3n) is 4.55. The highest BCUT2D eigenvalue weighted by molar-refractivity contribution is 5.77. The monoisotopic (exact) mass is 306 g/mol. The van der Waals surface area contributed by atoms with E-state index in [9.17, 15) is 4.79 Å². The molecule has 0 radical (unpaired) electrons. The molecule has 1 N–H and O–H groups in total. The van der Waals surface area contributed by atoms with Gasteiger partial charge >= 0.3 is 0 Å². The summed E-state index contributed by atoms with van der Waals surface area (Å²) < 4.78 is 7.80. The zero-order chi connectivity index (χ0) is 15.5. The van der Waals surface area contributed by atoms with Gasteiger partial charge in [0.1, 0.15) is 0 Å². The van der Waals surface area contributed by atoms with Gasteiger partial charge in [-0.1, -0.05) is 0 Å². The van der Waals surface area contributed by atoms with Crippen molar-refractivity contribution >= 4 is 5.91 Å². The molecule has 3 rings (SSSR count). The minimum absolute atomic E-state index is 0.0345. The summed E-state index contributed by atoms with van der Waals surface area (Å²) in [5, 5.41) is 7.88. The van der Waals surface area contributed by atoms with Gasteiger partial charge < -0.3 is 15.0 Å². The summed E-state index contributed by atoms with van der Waals surface area (Å²) in [6.07, 6.45) is 2.95. The van der Waals surface area contributed by atoms with Crippen molar-refractivity contribution in [3.05, 3.63) is 17.5 Å². The average Bonchev–Trinajstić information content (AvgIpc) is 3.09. The van der Waals surface area contributed by atoms with Crippen molar-refractivity contribution in [2.24, 2.45) is 0 Å². The molecule has 0 saturated carbocycles. The Labute approximate surface area is 131 Å². The molecular weight excluding hydrogens is 280 g/mol. The molecule has 122 valence electrons. The topological polar surface area (TPSA) is 59.4 Å². The number of ether oxygens (including phenoxy) is 1. The number of nitrogens with zero attached hydrogens (tertiary/aromatic N) is 3. The number of aromatic nitrogens is 2. The summed E-state index contributed by atoms with van der Waals surface area (Å²) in [6.45, 7) is 7.80. The molecule has 2 unspecified atom stereocenters. The van der Waals surface area contributed by atoms with E-state index in [2.05, 4.69) is 23.4 Å². The highest BCUT2D eigenvalue weighted by Gasteiger charge is 2.27. The standard InChI is InChI=1S/C16H26N4O2/c1-12-8-13(2)20(18-12)11-15-10-19(6-7-22-15)16(21)9-14-4-3-5-17-14/h8,14-15,17H,3-7,9-11H2,1-2H3. The zero-order valence-electron chi connectivity index (χ0n) is 13.5. The number of carbonyl (C=O) groups is 1. The Morgan fingerprint density at radius 3 is 3.05 bits per heavy atom. The second-order valence-corrected chi connectivity index (χ2v) is 6.44. The van der Waals surface area contributed by atoms with Gasteiger partial charge in [0.15, 0.2) is 0 Å². The zero-order valence-corrected chi connectivity index (χ0v) is 13.5. The van der Waals surface area contributed by atoms with E-state index in [0.29, 0.717) is 38.7 Å². The van der Waals surface area contributed by atoms with Crippen molar-refractivity contribution in [1.29, 1.82) is 0 Å². The highest BCUT2D eigenvalue weighted by atomic mass is 16.5. The van der Waals surface area contributed by atoms with E-state index in [1.165, 1.54) is 6.42 Å². The second-order valence-electron chi connectivity index (χ2n) is 6.44. The van der Waals surface area contributed by atoms with Crippen LogP contribution in [0.5, 0.6) is 0 Å². The van der Waals surface area contributed by atoms with Crippen molar-refractivity contribution in [3.8, 4) is 0 Å². The summed E-state index contributed by atoms with van der Waals surface area (Å²) in [5.74, 6) is 0.251. The van der Waals surface area contributed by atoms with Crippen LogP contribution in [-0.4, -0.2) is 59.0 Å². The molecule has 1 amide bonds. The third kappa shape index (κ3) is 3.67. The molecule has 3 heterocycles. The van der Waals surface area contributed by atoms with Crippen LogP contribution < -0.4 is 5.32 Å². The summed E-state index contributed by atoms with van der Waals surface area (Å²) in [4.78, 5) is 14.4. The molecular formula is C16H26N4O2. The lowest BCUT2D eigenvalue weighted by Gasteiger charge is -2.33. The lowest BCUT2D eigenvalue weighted by molar-refractivity contribution is -0.139. The third-order valence-corrected chi connectivity index (χ3v) is 4.55. The van der Waals surface area contributed by atoms with Gasteiger partial charge in [-0.3, -0.25) is 9.48 Å². The van der Waals surface area contributed by atoms with E-state index in [-0.39, 0.29) is 12.0 Å². The first-order valence-corrected chi connectivity index (χ1v) is 8.25. The SMILES string of the molecule is Cc1cc(C)n(CC2CN(C(=O)CC3CCCN3)CCO2)n1. The first-order chi connectivity index (χ1) is 10.6. The number of rotatable bonds is 4. The number of morpholine rings is 1. The maximum Gasteiger partial charge on any atom is 0.224 e. The lowest BCUT2D eigenvalue weighted by Crippen LogP contribution is -2.48. The molecule has 0 aliphatic carbocycles. The molecule has 2 aliphatic heterocycles. The molecule has 2 aliphatic rings. The maximum atomic E-state index is 12.4. The lowest BCUT2D eigenvalue weighted by atomic mass is 10.1. The number of hydrogen-bond donors (Lipinski definition) is 1. The van der Waals surface area contributed by atoms with Gasteiger partial charge in [-0.15, -0.1) is 0 Å². The minimum atomic E-state index is 0.0345. The Morgan fingerprint density at radius 1 is 1.50 bits per heavy atom. The predicted molar refractivity (Wildman–Crippen MR) is 83.7 cm³/mol. The van der Waals surface area contributed by atoms with Crippen LogP contribution in [0.4, 0.5) is 0 Å². The van der Waals surface area contributed by atoms with Crippen molar-refractivity contribution in [2.75, 3.05) is 26.2 Å². The molecule has 0 aromatic carbocycles. The maximum absolute atomic E-state index is 12.4. The molecule has 2 atom stereocenters. The van der Waals surface area contributed by atoms with Crippen LogP contribution in [0.15, 0.2) is 6.07 Å². The molecule has 22 heavy (non-hydrogen) atoms. The van der Waals surface area contributed by atoms with Crippen LogP contribution in [0, 0.1) is 13.8 Å². The van der Waals surface area contributed by atoms with Crippen molar-refractivity contribution in [1.82, 2.24) is 20.0 Å². The predicted octanol–water partition coefficient (Wildman–Crippen LogP) is 0.869. The Hall–Kier alpha value is -1.40. The normalized spacial score (nSPS) is 25.6. The fraction of sp³-hybridized carbons (Fsp3) is 0.750. The highest BCUT2D eigenvalue weighted by Crippen LogP contribution is 2.14.